The molecule has 0 saturated heterocycles. The van der Waals surface area contributed by atoms with Crippen LogP contribution in [0.15, 0.2) is 44.3 Å². The molecule has 244 valence electrons. The number of aromatic amines is 1. The second-order valence-corrected chi connectivity index (χ2v) is 11.0. The molecule has 45 heavy (non-hydrogen) atoms. The first-order valence-electron chi connectivity index (χ1n) is 15.1. The average Bonchev–Trinajstić information content (AvgIpc) is 2.99. The van der Waals surface area contributed by atoms with Crippen LogP contribution in [-0.4, -0.2) is 66.7 Å². The average molecular weight is 626 g/mol. The third-order valence-corrected chi connectivity index (χ3v) is 7.17. The topological polar surface area (TPSA) is 202 Å². The van der Waals surface area contributed by atoms with Crippen LogP contribution in [0.3, 0.4) is 0 Å². The Morgan fingerprint density at radius 3 is 2.49 bits per heavy atom. The van der Waals surface area contributed by atoms with Crippen LogP contribution >= 0.6 is 0 Å². The van der Waals surface area contributed by atoms with Crippen molar-refractivity contribution in [3.8, 4) is 11.3 Å². The Hall–Kier alpha value is -4.72. The summed E-state index contributed by atoms with van der Waals surface area (Å²) in [5, 5.41) is 8.42. The first kappa shape index (κ1) is 34.8. The minimum Gasteiger partial charge on any atom is -0.467 e. The highest BCUT2D eigenvalue weighted by molar-refractivity contribution is 5.88. The Balaban J connectivity index is 1.55. The van der Waals surface area contributed by atoms with Crippen LogP contribution in [0.2, 0.25) is 0 Å². The number of carbonyl (C=O) groups excluding carboxylic acids is 3. The molecule has 14 nitrogen and oxygen atoms in total. The number of hydrogen-bond acceptors (Lipinski definition) is 10. The molecule has 0 radical (unpaired) electrons. The maximum atomic E-state index is 12.8. The van der Waals surface area contributed by atoms with Crippen molar-refractivity contribution >= 4 is 40.5 Å². The molecule has 0 fully saturated rings. The second kappa shape index (κ2) is 16.4. The number of methoxy groups -OCH3 is 1. The fourth-order valence-electron chi connectivity index (χ4n) is 4.80. The van der Waals surface area contributed by atoms with Crippen LogP contribution in [0, 0.1) is 5.92 Å². The van der Waals surface area contributed by atoms with Crippen LogP contribution in [0.1, 0.15) is 53.4 Å². The molecule has 0 saturated carbocycles. The fraction of sp³-hybridized carbons (Fsp3) is 0.484. The zero-order chi connectivity index (χ0) is 33.1. The van der Waals surface area contributed by atoms with Gasteiger partial charge in [-0.05, 0) is 63.6 Å². The van der Waals surface area contributed by atoms with Gasteiger partial charge in [-0.1, -0.05) is 13.8 Å². The quantitative estimate of drug-likeness (QED) is 0.0949. The second-order valence-electron chi connectivity index (χ2n) is 11.0. The highest BCUT2D eigenvalue weighted by Gasteiger charge is 2.25. The van der Waals surface area contributed by atoms with Gasteiger partial charge in [-0.25, -0.2) is 19.4 Å². The SMILES string of the molecule is CCN(CC)c1ccc2cc(-c3cc(=O)[nH]c(NC(=O)NCCCCC(N)C(=O)NC(CC(C)C)C(=O)OC)n3)c(=O)oc2c1. The number of urea groups is 1. The minimum atomic E-state index is -0.827. The van der Waals surface area contributed by atoms with E-state index in [1.54, 1.807) is 12.1 Å². The van der Waals surface area contributed by atoms with Crippen molar-refractivity contribution < 1.29 is 23.5 Å². The molecule has 6 N–H and O–H groups in total. The summed E-state index contributed by atoms with van der Waals surface area (Å²) in [6, 6.07) is 6.10. The molecule has 14 heteroatoms. The molecule has 3 rings (SSSR count). The zero-order valence-electron chi connectivity index (χ0n) is 26.4. The smallest absolute Gasteiger partial charge is 0.345 e. The summed E-state index contributed by atoms with van der Waals surface area (Å²) in [6.07, 6.45) is 1.81. The van der Waals surface area contributed by atoms with Crippen LogP contribution in [0.5, 0.6) is 0 Å². The molecule has 2 atom stereocenters. The van der Waals surface area contributed by atoms with Crippen LogP contribution in [0.4, 0.5) is 16.4 Å². The molecule has 2 heterocycles. The lowest BCUT2D eigenvalue weighted by molar-refractivity contribution is -0.145. The number of carbonyl (C=O) groups is 3. The van der Waals surface area contributed by atoms with Crippen molar-refractivity contribution in [2.45, 2.75) is 65.5 Å². The lowest BCUT2D eigenvalue weighted by Gasteiger charge is -2.21. The number of unbranched alkanes of at least 4 members (excludes halogenated alkanes) is 1. The number of fused-ring (bicyclic) bond motifs is 1. The number of amides is 3. The van der Waals surface area contributed by atoms with E-state index in [-0.39, 0.29) is 29.7 Å². The molecule has 0 aliphatic carbocycles. The molecule has 0 aliphatic heterocycles. The highest BCUT2D eigenvalue weighted by Crippen LogP contribution is 2.24. The monoisotopic (exact) mass is 625 g/mol. The third-order valence-electron chi connectivity index (χ3n) is 7.17. The number of H-pyrrole nitrogens is 1. The summed E-state index contributed by atoms with van der Waals surface area (Å²) in [5.74, 6) is -0.947. The molecule has 2 unspecified atom stereocenters. The van der Waals surface area contributed by atoms with E-state index < -0.39 is 41.2 Å². The Bertz CT molecular complexity index is 1600. The number of nitrogens with one attached hydrogen (secondary N) is 4. The van der Waals surface area contributed by atoms with Crippen molar-refractivity contribution in [2.24, 2.45) is 11.7 Å². The van der Waals surface area contributed by atoms with Gasteiger partial charge >= 0.3 is 17.6 Å². The predicted octanol–water partition coefficient (Wildman–Crippen LogP) is 2.71. The van der Waals surface area contributed by atoms with Crippen molar-refractivity contribution in [1.82, 2.24) is 20.6 Å². The van der Waals surface area contributed by atoms with Gasteiger partial charge in [-0.3, -0.25) is 19.9 Å². The standard InChI is InChI=1S/C31H43N7O7/c1-6-38(7-2)20-12-11-19-15-21(28(41)45-25(19)16-20)23-17-26(39)36-30(35-23)37-31(43)33-13-9-8-10-22(32)27(40)34-24(14-18(3)4)29(42)44-5/h11-12,15-18,22,24H,6-10,13-14,32H2,1-5H3,(H,34,40)(H3,33,35,36,37,39,43). The lowest BCUT2D eigenvalue weighted by atomic mass is 10.0. The molecular weight excluding hydrogens is 582 g/mol. The van der Waals surface area contributed by atoms with E-state index in [0.717, 1.165) is 24.8 Å². The van der Waals surface area contributed by atoms with Crippen molar-refractivity contribution in [2.75, 3.05) is 37.0 Å². The van der Waals surface area contributed by atoms with E-state index in [1.807, 2.05) is 39.8 Å². The van der Waals surface area contributed by atoms with Gasteiger partial charge in [0.2, 0.25) is 11.9 Å². The molecule has 2 aromatic heterocycles. The molecule has 0 spiro atoms. The van der Waals surface area contributed by atoms with Gasteiger partial charge in [0.1, 0.15) is 11.6 Å². The minimum absolute atomic E-state index is 0.0487. The summed E-state index contributed by atoms with van der Waals surface area (Å²) in [7, 11) is 1.26. The van der Waals surface area contributed by atoms with Gasteiger partial charge in [0.15, 0.2) is 0 Å². The number of esters is 1. The number of aromatic nitrogens is 2. The molecule has 1 aromatic carbocycles. The van der Waals surface area contributed by atoms with Crippen molar-refractivity contribution in [3.05, 3.63) is 51.1 Å². The largest absolute Gasteiger partial charge is 0.467 e. The first-order valence-corrected chi connectivity index (χ1v) is 15.1. The Kier molecular flexibility index (Phi) is 12.7. The van der Waals surface area contributed by atoms with Gasteiger partial charge in [0.25, 0.3) is 5.56 Å². The predicted molar refractivity (Wildman–Crippen MR) is 172 cm³/mol. The molecule has 3 aromatic rings. The van der Waals surface area contributed by atoms with E-state index >= 15 is 0 Å². The zero-order valence-corrected chi connectivity index (χ0v) is 26.4. The highest BCUT2D eigenvalue weighted by atomic mass is 16.5. The fourth-order valence-corrected chi connectivity index (χ4v) is 4.80. The number of hydrogen-bond donors (Lipinski definition) is 5. The van der Waals surface area contributed by atoms with E-state index in [2.05, 4.69) is 30.8 Å². The van der Waals surface area contributed by atoms with Gasteiger partial charge in [-0.15, -0.1) is 0 Å². The molecule has 3 amide bonds. The van der Waals surface area contributed by atoms with Crippen molar-refractivity contribution in [1.29, 1.82) is 0 Å². The van der Waals surface area contributed by atoms with Crippen LogP contribution in [-0.2, 0) is 14.3 Å². The number of nitrogens with two attached hydrogens (primary N) is 1. The van der Waals surface area contributed by atoms with Gasteiger partial charge in [-0.2, -0.15) is 0 Å². The number of anilines is 2. The van der Waals surface area contributed by atoms with Gasteiger partial charge in [0, 0.05) is 42.8 Å². The summed E-state index contributed by atoms with van der Waals surface area (Å²) < 4.78 is 10.3. The summed E-state index contributed by atoms with van der Waals surface area (Å²) in [4.78, 5) is 70.8. The molecule has 0 aliphatic rings. The number of rotatable bonds is 15. The normalized spacial score (nSPS) is 12.4. The van der Waals surface area contributed by atoms with Gasteiger partial charge < -0.3 is 30.4 Å². The Labute approximate surface area is 261 Å². The van der Waals surface area contributed by atoms with Gasteiger partial charge in [0.05, 0.1) is 24.4 Å². The summed E-state index contributed by atoms with van der Waals surface area (Å²) in [5.41, 5.74) is 6.22. The van der Waals surface area contributed by atoms with Crippen molar-refractivity contribution in [3.63, 3.8) is 0 Å². The van der Waals surface area contributed by atoms with E-state index in [4.69, 9.17) is 14.9 Å². The third kappa shape index (κ3) is 9.89. The Morgan fingerprint density at radius 1 is 1.09 bits per heavy atom. The lowest BCUT2D eigenvalue weighted by Crippen LogP contribution is -2.49. The number of ether oxygens (including phenoxy) is 1. The number of nitrogens with zero attached hydrogens (tertiary/aromatic N) is 2. The summed E-state index contributed by atoms with van der Waals surface area (Å²) in [6.45, 7) is 9.80. The van der Waals surface area contributed by atoms with Crippen LogP contribution < -0.4 is 37.8 Å². The van der Waals surface area contributed by atoms with Crippen LogP contribution in [0.25, 0.3) is 22.2 Å². The maximum absolute atomic E-state index is 12.8. The number of benzene rings is 1. The maximum Gasteiger partial charge on any atom is 0.345 e. The first-order chi connectivity index (χ1) is 21.4. The molecular formula is C31H43N7O7. The molecule has 0 bridgehead atoms. The van der Waals surface area contributed by atoms with E-state index in [9.17, 15) is 24.0 Å². The summed E-state index contributed by atoms with van der Waals surface area (Å²) >= 11 is 0. The Morgan fingerprint density at radius 2 is 1.82 bits per heavy atom. The van der Waals surface area contributed by atoms with E-state index in [1.165, 1.54) is 7.11 Å². The van der Waals surface area contributed by atoms with E-state index in [0.29, 0.717) is 36.7 Å².